The van der Waals surface area contributed by atoms with Crippen molar-refractivity contribution in [3.8, 4) is 11.6 Å². The van der Waals surface area contributed by atoms with Crippen LogP contribution in [0.5, 0.6) is 11.6 Å². The average molecular weight is 430 g/mol. The Bertz CT molecular complexity index is 750. The summed E-state index contributed by atoms with van der Waals surface area (Å²) in [5.74, 6) is 2.01. The maximum absolute atomic E-state index is 11.6. The Morgan fingerprint density at radius 2 is 1.90 bits per heavy atom. The van der Waals surface area contributed by atoms with Crippen molar-refractivity contribution in [2.75, 3.05) is 26.9 Å². The lowest BCUT2D eigenvalue weighted by Crippen LogP contribution is -2.44. The van der Waals surface area contributed by atoms with Gasteiger partial charge in [0.1, 0.15) is 12.4 Å². The predicted octanol–water partition coefficient (Wildman–Crippen LogP) is 4.11. The van der Waals surface area contributed by atoms with Gasteiger partial charge < -0.3 is 14.2 Å². The molecule has 0 radical (unpaired) electrons. The van der Waals surface area contributed by atoms with Crippen LogP contribution in [-0.4, -0.2) is 61.5 Å². The fourth-order valence-corrected chi connectivity index (χ4v) is 5.45. The zero-order chi connectivity index (χ0) is 21.5. The molecule has 2 heterocycles. The number of ether oxygens (including phenoxy) is 3. The highest BCUT2D eigenvalue weighted by Gasteiger charge is 2.39. The molecule has 2 aliphatic carbocycles. The van der Waals surface area contributed by atoms with Crippen LogP contribution >= 0.6 is 0 Å². The van der Waals surface area contributed by atoms with E-state index in [9.17, 15) is 4.79 Å². The number of rotatable bonds is 10. The Morgan fingerprint density at radius 1 is 1.10 bits per heavy atom. The molecule has 3 atom stereocenters. The second-order valence-corrected chi connectivity index (χ2v) is 8.96. The van der Waals surface area contributed by atoms with E-state index in [1.165, 1.54) is 51.4 Å². The first-order chi connectivity index (χ1) is 15.3. The largest absolute Gasteiger partial charge is 0.491 e. The molecule has 1 aliphatic heterocycles. The fraction of sp³-hybridized carbons (Fsp3) is 0.708. The number of hydrogen-bond acceptors (Lipinski definition) is 7. The summed E-state index contributed by atoms with van der Waals surface area (Å²) in [6.07, 6.45) is 15.7. The molecule has 1 aromatic rings. The molecular formula is C24H35N3O4. The van der Waals surface area contributed by atoms with Crippen LogP contribution in [0.25, 0.3) is 0 Å². The summed E-state index contributed by atoms with van der Waals surface area (Å²) < 4.78 is 16.7. The van der Waals surface area contributed by atoms with E-state index in [2.05, 4.69) is 16.2 Å². The minimum absolute atomic E-state index is 0.396. The van der Waals surface area contributed by atoms with Gasteiger partial charge in [-0.15, -0.1) is 0 Å². The van der Waals surface area contributed by atoms with Crippen LogP contribution in [0.3, 0.4) is 0 Å². The quantitative estimate of drug-likeness (QED) is 0.412. The number of hydrogen-bond donors (Lipinski definition) is 0. The summed E-state index contributed by atoms with van der Waals surface area (Å²) in [7, 11) is 1.62. The van der Waals surface area contributed by atoms with Crippen molar-refractivity contribution >= 4 is 12.5 Å². The van der Waals surface area contributed by atoms with E-state index >= 15 is 0 Å². The number of carbonyl (C=O) groups excluding carboxylic acids is 1. The maximum Gasteiger partial charge on any atom is 0.214 e. The van der Waals surface area contributed by atoms with Gasteiger partial charge in [-0.05, 0) is 37.5 Å². The van der Waals surface area contributed by atoms with E-state index in [-0.39, 0.29) is 0 Å². The highest BCUT2D eigenvalue weighted by molar-refractivity contribution is 5.79. The molecule has 2 saturated carbocycles. The van der Waals surface area contributed by atoms with Gasteiger partial charge in [-0.25, -0.2) is 4.98 Å². The van der Waals surface area contributed by atoms with Crippen molar-refractivity contribution in [3.05, 3.63) is 17.8 Å². The molecule has 170 valence electrons. The third-order valence-electron chi connectivity index (χ3n) is 7.05. The topological polar surface area (TPSA) is 73.2 Å². The summed E-state index contributed by atoms with van der Waals surface area (Å²) in [5.41, 5.74) is 0.478. The first-order valence-electron chi connectivity index (χ1n) is 11.8. The van der Waals surface area contributed by atoms with Crippen molar-refractivity contribution in [1.82, 2.24) is 9.99 Å². The minimum atomic E-state index is 0.396. The molecule has 3 aliphatic rings. The zero-order valence-corrected chi connectivity index (χ0v) is 18.6. The molecule has 0 aromatic carbocycles. The number of methoxy groups -OCH3 is 1. The summed E-state index contributed by atoms with van der Waals surface area (Å²) in [6.45, 7) is 1.49. The molecule has 31 heavy (non-hydrogen) atoms. The lowest BCUT2D eigenvalue weighted by molar-refractivity contribution is 0.0468. The molecule has 2 fully saturated rings. The van der Waals surface area contributed by atoms with E-state index in [0.717, 1.165) is 12.7 Å². The summed E-state index contributed by atoms with van der Waals surface area (Å²) in [6, 6.07) is 2.75. The number of hydrazone groups is 1. The number of aldehydes is 1. The number of nitrogens with zero attached hydrogens (tertiary/aromatic N) is 3. The second-order valence-electron chi connectivity index (χ2n) is 8.96. The van der Waals surface area contributed by atoms with Gasteiger partial charge in [-0.1, -0.05) is 25.7 Å². The third kappa shape index (κ3) is 5.37. The smallest absolute Gasteiger partial charge is 0.214 e. The first-order valence-corrected chi connectivity index (χ1v) is 11.8. The summed E-state index contributed by atoms with van der Waals surface area (Å²) in [4.78, 5) is 15.9. The van der Waals surface area contributed by atoms with Crippen molar-refractivity contribution < 1.29 is 19.0 Å². The molecule has 0 spiro atoms. The van der Waals surface area contributed by atoms with Crippen molar-refractivity contribution in [1.29, 1.82) is 0 Å². The standard InChI is InChI=1S/C24H35N3O4/c1-29-12-13-30-24-14-19(16-28)23(15-25-24)31-17-18-6-2-5-9-21(18)22-10-11-26-27(22)20-7-3-4-8-20/h11,14-16,18,20-22H,2-10,12-13,17H2,1H3. The van der Waals surface area contributed by atoms with E-state index in [4.69, 9.17) is 19.3 Å². The van der Waals surface area contributed by atoms with E-state index in [1.807, 2.05) is 0 Å². The van der Waals surface area contributed by atoms with Gasteiger partial charge in [0.15, 0.2) is 6.29 Å². The fourth-order valence-electron chi connectivity index (χ4n) is 5.45. The van der Waals surface area contributed by atoms with Crippen LogP contribution in [0.4, 0.5) is 0 Å². The number of carbonyl (C=O) groups is 1. The highest BCUT2D eigenvalue weighted by atomic mass is 16.5. The molecule has 7 nitrogen and oxygen atoms in total. The minimum Gasteiger partial charge on any atom is -0.491 e. The molecule has 0 saturated heterocycles. The average Bonchev–Trinajstić information content (AvgIpc) is 3.50. The van der Waals surface area contributed by atoms with Gasteiger partial charge in [0, 0.05) is 31.9 Å². The molecule has 0 bridgehead atoms. The SMILES string of the molecule is COCCOc1cc(C=O)c(OCC2CCCCC2C2CC=NN2C2CCCC2)cn1. The van der Waals surface area contributed by atoms with E-state index in [1.54, 1.807) is 19.4 Å². The monoisotopic (exact) mass is 429 g/mol. The van der Waals surface area contributed by atoms with Gasteiger partial charge in [0.05, 0.1) is 31.0 Å². The Balaban J connectivity index is 1.39. The molecule has 3 unspecified atom stereocenters. The number of pyridine rings is 1. The van der Waals surface area contributed by atoms with Crippen molar-refractivity contribution in [3.63, 3.8) is 0 Å². The Hall–Kier alpha value is -2.15. The predicted molar refractivity (Wildman–Crippen MR) is 119 cm³/mol. The van der Waals surface area contributed by atoms with Crippen LogP contribution in [0.1, 0.15) is 68.1 Å². The third-order valence-corrected chi connectivity index (χ3v) is 7.05. The molecular weight excluding hydrogens is 394 g/mol. The van der Waals surface area contributed by atoms with Gasteiger partial charge in [-0.2, -0.15) is 5.10 Å². The maximum atomic E-state index is 11.6. The second kappa shape index (κ2) is 10.9. The summed E-state index contributed by atoms with van der Waals surface area (Å²) >= 11 is 0. The molecule has 4 rings (SSSR count). The van der Waals surface area contributed by atoms with E-state index in [0.29, 0.717) is 60.9 Å². The molecule has 0 amide bonds. The molecule has 7 heteroatoms. The Labute approximate surface area is 185 Å². The highest BCUT2D eigenvalue weighted by Crippen LogP contribution is 2.40. The lowest BCUT2D eigenvalue weighted by Gasteiger charge is -2.41. The van der Waals surface area contributed by atoms with E-state index < -0.39 is 0 Å². The van der Waals surface area contributed by atoms with Crippen LogP contribution in [0.2, 0.25) is 0 Å². The first kappa shape index (κ1) is 22.1. The number of aromatic nitrogens is 1. The van der Waals surface area contributed by atoms with Crippen LogP contribution in [0.15, 0.2) is 17.4 Å². The van der Waals surface area contributed by atoms with Gasteiger partial charge >= 0.3 is 0 Å². The van der Waals surface area contributed by atoms with Crippen molar-refractivity contribution in [2.24, 2.45) is 16.9 Å². The van der Waals surface area contributed by atoms with Crippen LogP contribution < -0.4 is 9.47 Å². The normalized spacial score (nSPS) is 26.4. The van der Waals surface area contributed by atoms with Crippen LogP contribution in [-0.2, 0) is 4.74 Å². The van der Waals surface area contributed by atoms with Gasteiger partial charge in [0.2, 0.25) is 5.88 Å². The van der Waals surface area contributed by atoms with Gasteiger partial charge in [0.25, 0.3) is 0 Å². The lowest BCUT2D eigenvalue weighted by atomic mass is 9.74. The Morgan fingerprint density at radius 3 is 2.71 bits per heavy atom. The van der Waals surface area contributed by atoms with Crippen molar-refractivity contribution in [2.45, 2.75) is 69.9 Å². The van der Waals surface area contributed by atoms with Crippen LogP contribution in [0, 0.1) is 11.8 Å². The summed E-state index contributed by atoms with van der Waals surface area (Å²) in [5, 5.41) is 7.21. The Kier molecular flexibility index (Phi) is 7.78. The van der Waals surface area contributed by atoms with Gasteiger partial charge in [-0.3, -0.25) is 9.80 Å². The zero-order valence-electron chi connectivity index (χ0n) is 18.6. The molecule has 0 N–H and O–H groups in total. The molecule has 1 aromatic heterocycles.